The van der Waals surface area contributed by atoms with Gasteiger partial charge in [-0.15, -0.1) is 0 Å². The molecule has 28 heavy (non-hydrogen) atoms. The zero-order valence-corrected chi connectivity index (χ0v) is 15.6. The Morgan fingerprint density at radius 1 is 0.643 bits per heavy atom. The van der Waals surface area contributed by atoms with Crippen LogP contribution >= 0.6 is 0 Å². The second-order valence-corrected chi connectivity index (χ2v) is 6.21. The highest BCUT2D eigenvalue weighted by Gasteiger charge is 2.31. The summed E-state index contributed by atoms with van der Waals surface area (Å²) in [5, 5.41) is 0. The molecule has 0 heterocycles. The fourth-order valence-corrected chi connectivity index (χ4v) is 2.67. The summed E-state index contributed by atoms with van der Waals surface area (Å²) < 4.78 is 5.10. The molecule has 0 atom stereocenters. The Kier molecular flexibility index (Phi) is 5.65. The van der Waals surface area contributed by atoms with Gasteiger partial charge in [-0.25, -0.2) is 4.90 Å². The third kappa shape index (κ3) is 3.99. The molecule has 0 aromatic heterocycles. The van der Waals surface area contributed by atoms with E-state index in [-0.39, 0.29) is 16.7 Å². The summed E-state index contributed by atoms with van der Waals surface area (Å²) in [6.45, 7) is 1.89. The first kappa shape index (κ1) is 19.0. The molecular formula is C23H19NO4. The second kappa shape index (κ2) is 8.31. The molecule has 3 aromatic rings. The fourth-order valence-electron chi connectivity index (χ4n) is 2.67. The van der Waals surface area contributed by atoms with Gasteiger partial charge in [0.2, 0.25) is 0 Å². The van der Waals surface area contributed by atoms with E-state index in [1.165, 1.54) is 19.2 Å². The smallest absolute Gasteiger partial charge is 0.267 e. The minimum atomic E-state index is -0.693. The van der Waals surface area contributed by atoms with Gasteiger partial charge in [0, 0.05) is 16.7 Å². The topological polar surface area (TPSA) is 63.7 Å². The van der Waals surface area contributed by atoms with Gasteiger partial charge in [-0.3, -0.25) is 14.4 Å². The van der Waals surface area contributed by atoms with Gasteiger partial charge in [0.05, 0.1) is 7.11 Å². The van der Waals surface area contributed by atoms with Crippen LogP contribution in [0, 0.1) is 6.92 Å². The highest BCUT2D eigenvalue weighted by atomic mass is 16.5. The molecule has 0 spiro atoms. The molecule has 0 aliphatic carbocycles. The molecule has 5 nitrogen and oxygen atoms in total. The molecule has 0 bridgehead atoms. The van der Waals surface area contributed by atoms with Crippen molar-refractivity contribution >= 4 is 17.7 Å². The van der Waals surface area contributed by atoms with E-state index < -0.39 is 17.7 Å². The van der Waals surface area contributed by atoms with Crippen molar-refractivity contribution in [1.82, 2.24) is 4.90 Å². The largest absolute Gasteiger partial charge is 0.497 e. The van der Waals surface area contributed by atoms with Gasteiger partial charge in [-0.1, -0.05) is 35.9 Å². The van der Waals surface area contributed by atoms with Crippen molar-refractivity contribution in [1.29, 1.82) is 0 Å². The lowest BCUT2D eigenvalue weighted by Gasteiger charge is -2.19. The Labute approximate surface area is 163 Å². The number of aryl methyl sites for hydroxylation is 1. The summed E-state index contributed by atoms with van der Waals surface area (Å²) in [5.41, 5.74) is 1.70. The number of nitrogens with zero attached hydrogens (tertiary/aromatic N) is 1. The van der Waals surface area contributed by atoms with Crippen molar-refractivity contribution < 1.29 is 19.1 Å². The first-order valence-corrected chi connectivity index (χ1v) is 8.70. The van der Waals surface area contributed by atoms with Gasteiger partial charge in [0.25, 0.3) is 17.7 Å². The first-order valence-electron chi connectivity index (χ1n) is 8.70. The molecule has 0 radical (unpaired) electrons. The Hall–Kier alpha value is -3.73. The molecule has 3 amide bonds. The van der Waals surface area contributed by atoms with E-state index in [9.17, 15) is 14.4 Å². The summed E-state index contributed by atoms with van der Waals surface area (Å²) >= 11 is 0. The maximum atomic E-state index is 13.1. The molecule has 0 unspecified atom stereocenters. The van der Waals surface area contributed by atoms with Crippen LogP contribution in [0.15, 0.2) is 78.9 Å². The molecule has 0 saturated carbocycles. The molecular weight excluding hydrogens is 354 g/mol. The SMILES string of the molecule is COc1ccc(C(=O)N(C(=O)c2ccccc2)C(=O)c2ccc(C)cc2)cc1. The number of carbonyl (C=O) groups excluding carboxylic acids is 3. The Morgan fingerprint density at radius 3 is 1.54 bits per heavy atom. The summed E-state index contributed by atoms with van der Waals surface area (Å²) in [4.78, 5) is 39.9. The van der Waals surface area contributed by atoms with E-state index >= 15 is 0 Å². The normalized spacial score (nSPS) is 10.2. The molecule has 0 aliphatic heterocycles. The van der Waals surface area contributed by atoms with Crippen LogP contribution in [-0.2, 0) is 0 Å². The standard InChI is InChI=1S/C23H19NO4/c1-16-8-10-18(11-9-16)22(26)24(21(25)17-6-4-3-5-7-17)23(27)19-12-14-20(28-2)15-13-19/h3-15H,1-2H3. The van der Waals surface area contributed by atoms with E-state index in [2.05, 4.69) is 0 Å². The zero-order valence-electron chi connectivity index (χ0n) is 15.6. The molecule has 0 N–H and O–H groups in total. The predicted octanol–water partition coefficient (Wildman–Crippen LogP) is 4.13. The van der Waals surface area contributed by atoms with E-state index in [4.69, 9.17) is 4.74 Å². The summed E-state index contributed by atoms with van der Waals surface area (Å²) in [6, 6.07) is 21.2. The number of carbonyl (C=O) groups is 3. The van der Waals surface area contributed by atoms with Gasteiger partial charge < -0.3 is 4.74 Å². The quantitative estimate of drug-likeness (QED) is 0.645. The lowest BCUT2D eigenvalue weighted by atomic mass is 10.1. The van der Waals surface area contributed by atoms with Crippen molar-refractivity contribution in [2.75, 3.05) is 7.11 Å². The van der Waals surface area contributed by atoms with Crippen LogP contribution in [0.4, 0.5) is 0 Å². The van der Waals surface area contributed by atoms with Crippen molar-refractivity contribution in [3.05, 3.63) is 101 Å². The Balaban J connectivity index is 2.02. The summed E-state index contributed by atoms with van der Waals surface area (Å²) in [6.07, 6.45) is 0. The molecule has 5 heteroatoms. The van der Waals surface area contributed by atoms with Crippen LogP contribution in [0.25, 0.3) is 0 Å². The van der Waals surface area contributed by atoms with Crippen LogP contribution in [0.2, 0.25) is 0 Å². The number of hydrogen-bond acceptors (Lipinski definition) is 4. The van der Waals surface area contributed by atoms with Crippen LogP contribution in [0.5, 0.6) is 5.75 Å². The first-order chi connectivity index (χ1) is 13.5. The Morgan fingerprint density at radius 2 is 1.07 bits per heavy atom. The molecule has 0 saturated heterocycles. The average Bonchev–Trinajstić information content (AvgIpc) is 2.74. The van der Waals surface area contributed by atoms with Crippen molar-refractivity contribution in [2.45, 2.75) is 6.92 Å². The predicted molar refractivity (Wildman–Crippen MR) is 105 cm³/mol. The lowest BCUT2D eigenvalue weighted by Crippen LogP contribution is -2.42. The third-order valence-corrected chi connectivity index (χ3v) is 4.27. The van der Waals surface area contributed by atoms with Crippen LogP contribution in [0.1, 0.15) is 36.6 Å². The van der Waals surface area contributed by atoms with Gasteiger partial charge in [0.1, 0.15) is 5.75 Å². The van der Waals surface area contributed by atoms with E-state index in [1.807, 2.05) is 6.92 Å². The maximum Gasteiger partial charge on any atom is 0.267 e. The van der Waals surface area contributed by atoms with E-state index in [1.54, 1.807) is 66.7 Å². The molecule has 3 aromatic carbocycles. The van der Waals surface area contributed by atoms with Gasteiger partial charge in [-0.05, 0) is 55.5 Å². The number of methoxy groups -OCH3 is 1. The fraction of sp³-hybridized carbons (Fsp3) is 0.0870. The Bertz CT molecular complexity index is 993. The number of benzene rings is 3. The van der Waals surface area contributed by atoms with Gasteiger partial charge in [0.15, 0.2) is 0 Å². The van der Waals surface area contributed by atoms with E-state index in [0.717, 1.165) is 5.56 Å². The van der Waals surface area contributed by atoms with Crippen LogP contribution < -0.4 is 4.74 Å². The van der Waals surface area contributed by atoms with Crippen LogP contribution in [0.3, 0.4) is 0 Å². The number of rotatable bonds is 4. The summed E-state index contributed by atoms with van der Waals surface area (Å²) in [7, 11) is 1.52. The number of amides is 3. The molecule has 140 valence electrons. The number of hydrogen-bond donors (Lipinski definition) is 0. The van der Waals surface area contributed by atoms with Gasteiger partial charge in [-0.2, -0.15) is 0 Å². The minimum Gasteiger partial charge on any atom is -0.497 e. The summed E-state index contributed by atoms with van der Waals surface area (Å²) in [5.74, 6) is -1.47. The van der Waals surface area contributed by atoms with Crippen molar-refractivity contribution in [2.24, 2.45) is 0 Å². The highest BCUT2D eigenvalue weighted by Crippen LogP contribution is 2.18. The van der Waals surface area contributed by atoms with Gasteiger partial charge >= 0.3 is 0 Å². The van der Waals surface area contributed by atoms with Crippen molar-refractivity contribution in [3.63, 3.8) is 0 Å². The monoisotopic (exact) mass is 373 g/mol. The van der Waals surface area contributed by atoms with Crippen LogP contribution in [-0.4, -0.2) is 29.7 Å². The van der Waals surface area contributed by atoms with E-state index in [0.29, 0.717) is 10.6 Å². The zero-order chi connectivity index (χ0) is 20.1. The minimum absolute atomic E-state index is 0.213. The highest BCUT2D eigenvalue weighted by molar-refractivity contribution is 6.24. The second-order valence-electron chi connectivity index (χ2n) is 6.21. The average molecular weight is 373 g/mol. The number of ether oxygens (including phenoxy) is 1. The lowest BCUT2D eigenvalue weighted by molar-refractivity contribution is 0.0538. The van der Waals surface area contributed by atoms with Crippen molar-refractivity contribution in [3.8, 4) is 5.75 Å². The molecule has 3 rings (SSSR count). The maximum absolute atomic E-state index is 13.1. The third-order valence-electron chi connectivity index (χ3n) is 4.27. The molecule has 0 aliphatic rings. The number of imide groups is 3. The molecule has 0 fully saturated rings.